The molecule has 0 radical (unpaired) electrons. The summed E-state index contributed by atoms with van der Waals surface area (Å²) in [6, 6.07) is 20.7. The van der Waals surface area contributed by atoms with Gasteiger partial charge in [-0.15, -0.1) is 0 Å². The molecule has 116 valence electrons. The van der Waals surface area contributed by atoms with E-state index in [1.165, 1.54) is 11.1 Å². The van der Waals surface area contributed by atoms with Gasteiger partial charge in [-0.2, -0.15) is 0 Å². The second kappa shape index (κ2) is 9.00. The zero-order chi connectivity index (χ0) is 15.6. The van der Waals surface area contributed by atoms with Crippen LogP contribution in [0, 0.1) is 0 Å². The highest BCUT2D eigenvalue weighted by atomic mass is 16.1. The van der Waals surface area contributed by atoms with Crippen LogP contribution >= 0.6 is 0 Å². The Bertz CT molecular complexity index is 554. The van der Waals surface area contributed by atoms with Crippen molar-refractivity contribution >= 4 is 5.91 Å². The van der Waals surface area contributed by atoms with E-state index in [1.807, 2.05) is 36.4 Å². The summed E-state index contributed by atoms with van der Waals surface area (Å²) >= 11 is 0. The van der Waals surface area contributed by atoms with Crippen molar-refractivity contribution in [3.8, 4) is 0 Å². The molecule has 2 aromatic carbocycles. The Labute approximate surface area is 132 Å². The van der Waals surface area contributed by atoms with Crippen molar-refractivity contribution in [3.63, 3.8) is 0 Å². The normalized spacial score (nSPS) is 11.9. The molecular formula is C19H24N2O. The zero-order valence-electron chi connectivity index (χ0n) is 13.1. The van der Waals surface area contributed by atoms with Gasteiger partial charge < -0.3 is 10.6 Å². The average Bonchev–Trinajstić information content (AvgIpc) is 2.56. The molecule has 0 saturated carbocycles. The van der Waals surface area contributed by atoms with E-state index < -0.39 is 0 Å². The third-order valence-electron chi connectivity index (χ3n) is 3.68. The molecule has 2 aromatic rings. The Morgan fingerprint density at radius 2 is 1.59 bits per heavy atom. The molecule has 3 nitrogen and oxygen atoms in total. The number of hydrogen-bond donors (Lipinski definition) is 2. The molecule has 2 N–H and O–H groups in total. The van der Waals surface area contributed by atoms with E-state index in [0.29, 0.717) is 19.5 Å². The van der Waals surface area contributed by atoms with Crippen molar-refractivity contribution in [2.45, 2.75) is 25.8 Å². The number of carbonyl (C=O) groups is 1. The fourth-order valence-corrected chi connectivity index (χ4v) is 2.34. The van der Waals surface area contributed by atoms with Gasteiger partial charge in [0.25, 0.3) is 0 Å². The number of rotatable bonds is 8. The van der Waals surface area contributed by atoms with Gasteiger partial charge in [0.15, 0.2) is 0 Å². The number of nitrogens with one attached hydrogen (secondary N) is 2. The largest absolute Gasteiger partial charge is 0.356 e. The predicted octanol–water partition coefficient (Wildman–Crippen LogP) is 3.09. The quantitative estimate of drug-likeness (QED) is 0.786. The first kappa shape index (κ1) is 16.2. The minimum atomic E-state index is 0.101. The van der Waals surface area contributed by atoms with Gasteiger partial charge in [-0.1, -0.05) is 60.7 Å². The molecule has 0 aliphatic heterocycles. The Hall–Kier alpha value is -2.13. The molecule has 2 rings (SSSR count). The SMILES string of the molecule is CC(NCCC(=O)NCCc1ccccc1)c1ccccc1. The molecule has 1 amide bonds. The van der Waals surface area contributed by atoms with Crippen LogP contribution in [0.3, 0.4) is 0 Å². The van der Waals surface area contributed by atoms with Crippen molar-refractivity contribution in [1.82, 2.24) is 10.6 Å². The van der Waals surface area contributed by atoms with Crippen LogP contribution in [0.4, 0.5) is 0 Å². The third-order valence-corrected chi connectivity index (χ3v) is 3.68. The number of amides is 1. The van der Waals surface area contributed by atoms with Crippen molar-refractivity contribution in [3.05, 3.63) is 71.8 Å². The molecule has 3 heteroatoms. The minimum absolute atomic E-state index is 0.101. The fraction of sp³-hybridized carbons (Fsp3) is 0.316. The lowest BCUT2D eigenvalue weighted by Crippen LogP contribution is -2.30. The van der Waals surface area contributed by atoms with Gasteiger partial charge in [0.2, 0.25) is 5.91 Å². The van der Waals surface area contributed by atoms with Crippen LogP contribution in [0.15, 0.2) is 60.7 Å². The molecule has 1 unspecified atom stereocenters. The van der Waals surface area contributed by atoms with Gasteiger partial charge >= 0.3 is 0 Å². The summed E-state index contributed by atoms with van der Waals surface area (Å²) in [6.07, 6.45) is 1.38. The summed E-state index contributed by atoms with van der Waals surface area (Å²) in [5.74, 6) is 0.101. The van der Waals surface area contributed by atoms with Crippen LogP contribution < -0.4 is 10.6 Å². The monoisotopic (exact) mass is 296 g/mol. The van der Waals surface area contributed by atoms with E-state index in [2.05, 4.69) is 41.8 Å². The summed E-state index contributed by atoms with van der Waals surface area (Å²) in [5, 5.41) is 6.34. The molecule has 22 heavy (non-hydrogen) atoms. The molecular weight excluding hydrogens is 272 g/mol. The Morgan fingerprint density at radius 3 is 2.27 bits per heavy atom. The molecule has 0 saturated heterocycles. The van der Waals surface area contributed by atoms with Crippen LogP contribution in [0.2, 0.25) is 0 Å². The Morgan fingerprint density at radius 1 is 0.955 bits per heavy atom. The third kappa shape index (κ3) is 5.70. The maximum absolute atomic E-state index is 11.8. The average molecular weight is 296 g/mol. The van der Waals surface area contributed by atoms with Crippen LogP contribution in [0.25, 0.3) is 0 Å². The van der Waals surface area contributed by atoms with Gasteiger partial charge in [-0.3, -0.25) is 4.79 Å². The molecule has 0 aliphatic rings. The minimum Gasteiger partial charge on any atom is -0.356 e. The second-order valence-electron chi connectivity index (χ2n) is 5.42. The molecule has 0 fully saturated rings. The molecule has 0 bridgehead atoms. The predicted molar refractivity (Wildman–Crippen MR) is 90.6 cm³/mol. The second-order valence-corrected chi connectivity index (χ2v) is 5.42. The van der Waals surface area contributed by atoms with Crippen LogP contribution in [-0.4, -0.2) is 19.0 Å². The van der Waals surface area contributed by atoms with Crippen molar-refractivity contribution in [2.75, 3.05) is 13.1 Å². The maximum Gasteiger partial charge on any atom is 0.221 e. The molecule has 0 heterocycles. The summed E-state index contributed by atoms with van der Waals surface area (Å²) in [6.45, 7) is 3.49. The smallest absolute Gasteiger partial charge is 0.221 e. The van der Waals surface area contributed by atoms with Crippen LogP contribution in [0.1, 0.15) is 30.5 Å². The van der Waals surface area contributed by atoms with Crippen molar-refractivity contribution in [1.29, 1.82) is 0 Å². The van der Waals surface area contributed by atoms with E-state index in [1.54, 1.807) is 0 Å². The standard InChI is InChI=1S/C19H24N2O/c1-16(18-10-6-3-7-11-18)20-15-13-19(22)21-14-12-17-8-4-2-5-9-17/h2-11,16,20H,12-15H2,1H3,(H,21,22). The van der Waals surface area contributed by atoms with Gasteiger partial charge in [0.1, 0.15) is 0 Å². The van der Waals surface area contributed by atoms with Crippen LogP contribution in [-0.2, 0) is 11.2 Å². The lowest BCUT2D eigenvalue weighted by molar-refractivity contribution is -0.120. The number of carbonyl (C=O) groups excluding carboxylic acids is 1. The highest BCUT2D eigenvalue weighted by Crippen LogP contribution is 2.10. The summed E-state index contributed by atoms with van der Waals surface area (Å²) < 4.78 is 0. The van der Waals surface area contributed by atoms with Gasteiger partial charge in [-0.05, 0) is 24.5 Å². The summed E-state index contributed by atoms with van der Waals surface area (Å²) in [5.41, 5.74) is 2.49. The number of benzene rings is 2. The van der Waals surface area contributed by atoms with Gasteiger partial charge in [0.05, 0.1) is 0 Å². The zero-order valence-corrected chi connectivity index (χ0v) is 13.1. The number of hydrogen-bond acceptors (Lipinski definition) is 2. The maximum atomic E-state index is 11.8. The lowest BCUT2D eigenvalue weighted by atomic mass is 10.1. The Kier molecular flexibility index (Phi) is 6.65. The van der Waals surface area contributed by atoms with E-state index in [-0.39, 0.29) is 11.9 Å². The first-order valence-corrected chi connectivity index (χ1v) is 7.84. The van der Waals surface area contributed by atoms with E-state index in [0.717, 1.165) is 6.42 Å². The fourth-order valence-electron chi connectivity index (χ4n) is 2.34. The molecule has 0 spiro atoms. The molecule has 0 aliphatic carbocycles. The van der Waals surface area contributed by atoms with E-state index in [9.17, 15) is 4.79 Å². The highest BCUT2D eigenvalue weighted by Gasteiger charge is 2.05. The lowest BCUT2D eigenvalue weighted by Gasteiger charge is -2.14. The first-order chi connectivity index (χ1) is 10.8. The van der Waals surface area contributed by atoms with Gasteiger partial charge in [-0.25, -0.2) is 0 Å². The van der Waals surface area contributed by atoms with E-state index >= 15 is 0 Å². The molecule has 1 atom stereocenters. The van der Waals surface area contributed by atoms with Crippen molar-refractivity contribution < 1.29 is 4.79 Å². The summed E-state index contributed by atoms with van der Waals surface area (Å²) in [4.78, 5) is 11.8. The summed E-state index contributed by atoms with van der Waals surface area (Å²) in [7, 11) is 0. The van der Waals surface area contributed by atoms with E-state index in [4.69, 9.17) is 0 Å². The highest BCUT2D eigenvalue weighted by molar-refractivity contribution is 5.76. The van der Waals surface area contributed by atoms with Crippen molar-refractivity contribution in [2.24, 2.45) is 0 Å². The van der Waals surface area contributed by atoms with Crippen LogP contribution in [0.5, 0.6) is 0 Å². The molecule has 0 aromatic heterocycles. The first-order valence-electron chi connectivity index (χ1n) is 7.84. The Balaban J connectivity index is 1.60. The topological polar surface area (TPSA) is 41.1 Å². The van der Waals surface area contributed by atoms with Gasteiger partial charge in [0, 0.05) is 25.6 Å².